The van der Waals surface area contributed by atoms with E-state index in [-0.39, 0.29) is 0 Å². The van der Waals surface area contributed by atoms with Crippen molar-refractivity contribution in [2.75, 3.05) is 0 Å². The summed E-state index contributed by atoms with van der Waals surface area (Å²) in [5.41, 5.74) is 4.04. The monoisotopic (exact) mass is 331 g/mol. The topological polar surface area (TPSA) is 12.0 Å². The average molecular weight is 332 g/mol. The van der Waals surface area contributed by atoms with Gasteiger partial charge in [-0.05, 0) is 41.7 Å². The highest BCUT2D eigenvalue weighted by molar-refractivity contribution is 9.10. The molecule has 2 heteroatoms. The molecule has 0 aliphatic rings. The van der Waals surface area contributed by atoms with Gasteiger partial charge in [0.05, 0.1) is 0 Å². The van der Waals surface area contributed by atoms with Gasteiger partial charge in [0.1, 0.15) is 0 Å². The van der Waals surface area contributed by atoms with E-state index in [0.29, 0.717) is 12.0 Å². The second-order valence-corrected chi connectivity index (χ2v) is 6.47. The molecule has 0 heterocycles. The van der Waals surface area contributed by atoms with Crippen LogP contribution in [0, 0.1) is 0 Å². The van der Waals surface area contributed by atoms with Crippen molar-refractivity contribution in [3.63, 3.8) is 0 Å². The number of rotatable bonds is 5. The maximum Gasteiger partial charge on any atom is 0.0294 e. The number of hydrogen-bond acceptors (Lipinski definition) is 1. The Morgan fingerprint density at radius 2 is 1.40 bits per heavy atom. The zero-order valence-electron chi connectivity index (χ0n) is 12.4. The fraction of sp³-hybridized carbons (Fsp3) is 0.333. The van der Waals surface area contributed by atoms with Gasteiger partial charge in [0.25, 0.3) is 0 Å². The molecule has 0 spiro atoms. The van der Waals surface area contributed by atoms with Gasteiger partial charge in [-0.1, -0.05) is 66.2 Å². The molecule has 2 aromatic carbocycles. The van der Waals surface area contributed by atoms with Crippen LogP contribution in [0.5, 0.6) is 0 Å². The summed E-state index contributed by atoms with van der Waals surface area (Å²) in [6.07, 6.45) is 0. The number of benzene rings is 2. The molecule has 0 amide bonds. The van der Waals surface area contributed by atoms with E-state index in [1.54, 1.807) is 0 Å². The van der Waals surface area contributed by atoms with Crippen LogP contribution in [0.1, 0.15) is 49.4 Å². The Hall–Kier alpha value is -1.12. The highest BCUT2D eigenvalue weighted by Gasteiger charge is 2.05. The van der Waals surface area contributed by atoms with Gasteiger partial charge >= 0.3 is 0 Å². The summed E-state index contributed by atoms with van der Waals surface area (Å²) >= 11 is 3.47. The third-order valence-electron chi connectivity index (χ3n) is 3.63. The summed E-state index contributed by atoms with van der Waals surface area (Å²) in [5, 5.41) is 3.57. The fourth-order valence-electron chi connectivity index (χ4n) is 2.16. The molecule has 0 fully saturated rings. The van der Waals surface area contributed by atoms with Crippen LogP contribution in [-0.4, -0.2) is 0 Å². The van der Waals surface area contributed by atoms with Crippen LogP contribution < -0.4 is 5.32 Å². The lowest BCUT2D eigenvalue weighted by molar-refractivity contribution is 0.574. The molecule has 0 aliphatic carbocycles. The first-order valence-electron chi connectivity index (χ1n) is 7.14. The van der Waals surface area contributed by atoms with Gasteiger partial charge in [0.15, 0.2) is 0 Å². The molecule has 1 atom stereocenters. The minimum Gasteiger partial charge on any atom is -0.306 e. The van der Waals surface area contributed by atoms with E-state index in [2.05, 4.69) is 90.5 Å². The Balaban J connectivity index is 1.92. The van der Waals surface area contributed by atoms with E-state index in [0.717, 1.165) is 11.0 Å². The molecule has 1 N–H and O–H groups in total. The lowest BCUT2D eigenvalue weighted by atomic mass is 10.0. The summed E-state index contributed by atoms with van der Waals surface area (Å²) in [5.74, 6) is 0.596. The minimum atomic E-state index is 0.355. The Bertz CT molecular complexity index is 528. The first kappa shape index (κ1) is 15.3. The quantitative estimate of drug-likeness (QED) is 0.770. The van der Waals surface area contributed by atoms with Crippen LogP contribution in [0.4, 0.5) is 0 Å². The Morgan fingerprint density at radius 3 is 1.95 bits per heavy atom. The minimum absolute atomic E-state index is 0.355. The van der Waals surface area contributed by atoms with Crippen LogP contribution in [0.2, 0.25) is 0 Å². The lowest BCUT2D eigenvalue weighted by Crippen LogP contribution is -2.18. The van der Waals surface area contributed by atoms with Crippen molar-refractivity contribution in [2.45, 2.75) is 39.3 Å². The van der Waals surface area contributed by atoms with Crippen molar-refractivity contribution in [2.24, 2.45) is 0 Å². The Labute approximate surface area is 130 Å². The molecule has 2 rings (SSSR count). The van der Waals surface area contributed by atoms with Gasteiger partial charge in [-0.3, -0.25) is 0 Å². The first-order valence-corrected chi connectivity index (χ1v) is 7.93. The third kappa shape index (κ3) is 4.19. The van der Waals surface area contributed by atoms with Gasteiger partial charge < -0.3 is 5.32 Å². The summed E-state index contributed by atoms with van der Waals surface area (Å²) < 4.78 is 1.12. The van der Waals surface area contributed by atoms with Crippen molar-refractivity contribution in [3.8, 4) is 0 Å². The highest BCUT2D eigenvalue weighted by atomic mass is 79.9. The van der Waals surface area contributed by atoms with Gasteiger partial charge in [-0.15, -0.1) is 0 Å². The Morgan fingerprint density at radius 1 is 0.850 bits per heavy atom. The Kier molecular flexibility index (Phi) is 5.38. The average Bonchev–Trinajstić information content (AvgIpc) is 2.46. The second kappa shape index (κ2) is 7.05. The van der Waals surface area contributed by atoms with Crippen LogP contribution >= 0.6 is 15.9 Å². The van der Waals surface area contributed by atoms with E-state index in [9.17, 15) is 0 Å². The van der Waals surface area contributed by atoms with E-state index >= 15 is 0 Å². The smallest absolute Gasteiger partial charge is 0.0294 e. The molecule has 0 aromatic heterocycles. The highest BCUT2D eigenvalue weighted by Crippen LogP contribution is 2.18. The normalized spacial score (nSPS) is 12.7. The van der Waals surface area contributed by atoms with Gasteiger partial charge in [0.2, 0.25) is 0 Å². The molecule has 0 saturated heterocycles. The number of hydrogen-bond donors (Lipinski definition) is 1. The molecular weight excluding hydrogens is 310 g/mol. The predicted octanol–water partition coefficient (Wildman–Crippen LogP) is 5.42. The fourth-order valence-corrected chi connectivity index (χ4v) is 2.42. The summed E-state index contributed by atoms with van der Waals surface area (Å²) in [6, 6.07) is 17.7. The zero-order valence-corrected chi connectivity index (χ0v) is 13.9. The summed E-state index contributed by atoms with van der Waals surface area (Å²) in [6.45, 7) is 7.55. The molecule has 0 aliphatic heterocycles. The van der Waals surface area contributed by atoms with Gasteiger partial charge in [-0.25, -0.2) is 0 Å². The molecule has 0 saturated carbocycles. The molecule has 1 unspecified atom stereocenters. The van der Waals surface area contributed by atoms with E-state index in [1.165, 1.54) is 16.7 Å². The third-order valence-corrected chi connectivity index (χ3v) is 4.16. The SMILES string of the molecule is CC(C)c1ccc(CNC(C)c2ccc(Br)cc2)cc1. The molecule has 0 radical (unpaired) electrons. The maximum absolute atomic E-state index is 3.57. The number of nitrogens with one attached hydrogen (secondary N) is 1. The predicted molar refractivity (Wildman–Crippen MR) is 89.9 cm³/mol. The zero-order chi connectivity index (χ0) is 14.5. The van der Waals surface area contributed by atoms with Crippen LogP contribution in [0.25, 0.3) is 0 Å². The summed E-state index contributed by atoms with van der Waals surface area (Å²) in [7, 11) is 0. The second-order valence-electron chi connectivity index (χ2n) is 5.55. The van der Waals surface area contributed by atoms with Crippen molar-refractivity contribution in [3.05, 3.63) is 69.7 Å². The van der Waals surface area contributed by atoms with Crippen LogP contribution in [0.15, 0.2) is 53.0 Å². The molecule has 1 nitrogen and oxygen atoms in total. The molecule has 0 bridgehead atoms. The van der Waals surface area contributed by atoms with Crippen molar-refractivity contribution >= 4 is 15.9 Å². The van der Waals surface area contributed by atoms with E-state index in [1.807, 2.05) is 0 Å². The maximum atomic E-state index is 3.57. The molecule has 2 aromatic rings. The largest absolute Gasteiger partial charge is 0.306 e. The molecular formula is C18H22BrN. The standard InChI is InChI=1S/C18H22BrN/c1-13(2)16-6-4-15(5-7-16)12-20-14(3)17-8-10-18(19)11-9-17/h4-11,13-14,20H,12H2,1-3H3. The first-order chi connectivity index (χ1) is 9.56. The van der Waals surface area contributed by atoms with Crippen molar-refractivity contribution in [1.29, 1.82) is 0 Å². The number of halogens is 1. The van der Waals surface area contributed by atoms with E-state index in [4.69, 9.17) is 0 Å². The summed E-state index contributed by atoms with van der Waals surface area (Å²) in [4.78, 5) is 0. The molecule has 106 valence electrons. The van der Waals surface area contributed by atoms with Crippen molar-refractivity contribution < 1.29 is 0 Å². The lowest BCUT2D eigenvalue weighted by Gasteiger charge is -2.15. The van der Waals surface area contributed by atoms with Gasteiger partial charge in [0, 0.05) is 17.1 Å². The van der Waals surface area contributed by atoms with Crippen LogP contribution in [0.3, 0.4) is 0 Å². The van der Waals surface area contributed by atoms with E-state index < -0.39 is 0 Å². The molecule has 20 heavy (non-hydrogen) atoms. The van der Waals surface area contributed by atoms with Gasteiger partial charge in [-0.2, -0.15) is 0 Å². The van der Waals surface area contributed by atoms with Crippen molar-refractivity contribution in [1.82, 2.24) is 5.32 Å². The van der Waals surface area contributed by atoms with Crippen LogP contribution in [-0.2, 0) is 6.54 Å².